The molecule has 0 atom stereocenters. The number of hydrogen-bond acceptors (Lipinski definition) is 4. The van der Waals surface area contributed by atoms with E-state index < -0.39 is 43.9 Å². The zero-order valence-corrected chi connectivity index (χ0v) is 8.73. The Bertz CT molecular complexity index is 575. The molecule has 0 bridgehead atoms. The molecule has 0 aromatic heterocycles. The first-order valence-electron chi connectivity index (χ1n) is 3.92. The Hall–Kier alpha value is -1.000. The molecule has 0 saturated carbocycles. The summed E-state index contributed by atoms with van der Waals surface area (Å²) in [5.41, 5.74) is -2.31. The van der Waals surface area contributed by atoms with Crippen LogP contribution in [0.4, 0.5) is 4.39 Å². The van der Waals surface area contributed by atoms with Gasteiger partial charge in [-0.3, -0.25) is 4.55 Å². The van der Waals surface area contributed by atoms with Crippen molar-refractivity contribution >= 4 is 51.6 Å². The van der Waals surface area contributed by atoms with Crippen molar-refractivity contribution in [2.24, 2.45) is 0 Å². The summed E-state index contributed by atoms with van der Waals surface area (Å²) < 4.78 is 43.4. The van der Waals surface area contributed by atoms with E-state index in [1.807, 2.05) is 0 Å². The average Bonchev–Trinajstić information content (AvgIpc) is 2.14. The number of carbonyl (C=O) groups is 2. The van der Waals surface area contributed by atoms with E-state index in [9.17, 15) is 22.4 Å². The van der Waals surface area contributed by atoms with Crippen LogP contribution in [0, 0.1) is 5.82 Å². The molecule has 7 nitrogen and oxygen atoms in total. The van der Waals surface area contributed by atoms with Crippen molar-refractivity contribution in [1.29, 1.82) is 0 Å². The molecule has 0 unspecified atom stereocenters. The van der Waals surface area contributed by atoms with Crippen molar-refractivity contribution < 1.29 is 37.2 Å². The minimum atomic E-state index is -4.82. The fourth-order valence-electron chi connectivity index (χ4n) is 1.06. The second kappa shape index (κ2) is 5.76. The number of carboxylic acid groups (broad SMARTS) is 2. The van der Waals surface area contributed by atoms with E-state index in [0.717, 1.165) is 0 Å². The number of rotatable bonds is 3. The van der Waals surface area contributed by atoms with E-state index in [0.29, 0.717) is 12.1 Å². The molecule has 0 amide bonds. The van der Waals surface area contributed by atoms with Crippen LogP contribution in [0.25, 0.3) is 0 Å². The summed E-state index contributed by atoms with van der Waals surface area (Å²) in [5.74, 6) is -5.29. The topological polar surface area (TPSA) is 129 Å². The number of hydrogen-bond donors (Lipinski definition) is 3. The van der Waals surface area contributed by atoms with Gasteiger partial charge in [0.25, 0.3) is 10.1 Å². The van der Waals surface area contributed by atoms with Gasteiger partial charge in [-0.25, -0.2) is 14.0 Å². The fourth-order valence-corrected chi connectivity index (χ4v) is 1.59. The van der Waals surface area contributed by atoms with Gasteiger partial charge in [0.15, 0.2) is 5.82 Å². The Balaban J connectivity index is 0.00000289. The molecule has 1 aromatic carbocycles. The number of benzene rings is 1. The third-order valence-electron chi connectivity index (χ3n) is 1.80. The van der Waals surface area contributed by atoms with Crippen LogP contribution >= 0.6 is 0 Å². The van der Waals surface area contributed by atoms with E-state index in [-0.39, 0.29) is 29.6 Å². The Kier molecular flexibility index (Phi) is 5.44. The molecule has 18 heavy (non-hydrogen) atoms. The molecule has 0 spiro atoms. The van der Waals surface area contributed by atoms with Gasteiger partial charge < -0.3 is 10.2 Å². The van der Waals surface area contributed by atoms with Gasteiger partial charge in [-0.1, -0.05) is 0 Å². The molecule has 1 rings (SSSR count). The molecule has 94 valence electrons. The van der Waals surface area contributed by atoms with Crippen LogP contribution in [0.2, 0.25) is 0 Å². The van der Waals surface area contributed by atoms with E-state index >= 15 is 0 Å². The first-order chi connectivity index (χ1) is 7.64. The van der Waals surface area contributed by atoms with Gasteiger partial charge in [-0.05, 0) is 12.1 Å². The van der Waals surface area contributed by atoms with Gasteiger partial charge in [0, 0.05) is 0 Å². The zero-order chi connectivity index (χ0) is 13.4. The molecule has 0 aliphatic carbocycles. The van der Waals surface area contributed by atoms with E-state index in [2.05, 4.69) is 0 Å². The summed E-state index contributed by atoms with van der Waals surface area (Å²) in [5, 5.41) is 17.1. The number of aromatic carboxylic acids is 2. The monoisotopic (exact) mass is 288 g/mol. The number of halogens is 1. The van der Waals surface area contributed by atoms with E-state index in [1.54, 1.807) is 0 Å². The molecule has 0 fully saturated rings. The molecule has 0 aliphatic rings. The van der Waals surface area contributed by atoms with Gasteiger partial charge in [-0.15, -0.1) is 0 Å². The molecule has 0 aliphatic heterocycles. The predicted octanol–water partition coefficient (Wildman–Crippen LogP) is -0.180. The molecule has 0 heterocycles. The Morgan fingerprint density at radius 2 is 1.39 bits per heavy atom. The molecule has 3 N–H and O–H groups in total. The van der Waals surface area contributed by atoms with Crippen LogP contribution in [0.1, 0.15) is 20.7 Å². The molecular weight excluding hydrogens is 282 g/mol. The van der Waals surface area contributed by atoms with Crippen LogP contribution in [-0.2, 0) is 10.1 Å². The Morgan fingerprint density at radius 1 is 1.06 bits per heavy atom. The summed E-state index contributed by atoms with van der Waals surface area (Å²) in [6.45, 7) is 0. The molecule has 10 heteroatoms. The SMILES string of the molecule is O=C(O)c1cc(S(=O)(=O)O)cc(C(=O)O)c1F.[NaH]. The van der Waals surface area contributed by atoms with Crippen LogP contribution in [0.3, 0.4) is 0 Å². The Labute approximate surface area is 122 Å². The molecule has 0 saturated heterocycles. The molecular formula is C8H6FNaO7S. The zero-order valence-electron chi connectivity index (χ0n) is 7.92. The number of carboxylic acids is 2. The van der Waals surface area contributed by atoms with Crippen molar-refractivity contribution in [3.05, 3.63) is 29.1 Å². The van der Waals surface area contributed by atoms with Gasteiger partial charge in [-0.2, -0.15) is 8.42 Å². The fraction of sp³-hybridized carbons (Fsp3) is 0. The average molecular weight is 288 g/mol. The van der Waals surface area contributed by atoms with E-state index in [4.69, 9.17) is 14.8 Å². The maximum atomic E-state index is 13.3. The van der Waals surface area contributed by atoms with Crippen molar-refractivity contribution in [1.82, 2.24) is 0 Å². The first kappa shape index (κ1) is 17.0. The van der Waals surface area contributed by atoms with Crippen molar-refractivity contribution in [3.8, 4) is 0 Å². The van der Waals surface area contributed by atoms with Crippen LogP contribution in [0.5, 0.6) is 0 Å². The van der Waals surface area contributed by atoms with Crippen molar-refractivity contribution in [2.45, 2.75) is 4.90 Å². The van der Waals surface area contributed by atoms with Gasteiger partial charge in [0.2, 0.25) is 0 Å². The van der Waals surface area contributed by atoms with Gasteiger partial charge >= 0.3 is 41.5 Å². The normalized spacial score (nSPS) is 10.6. The van der Waals surface area contributed by atoms with Gasteiger partial charge in [0.1, 0.15) is 0 Å². The second-order valence-electron chi connectivity index (χ2n) is 2.92. The van der Waals surface area contributed by atoms with Gasteiger partial charge in [0.05, 0.1) is 16.0 Å². The summed E-state index contributed by atoms with van der Waals surface area (Å²) in [6, 6.07) is 0.666. The summed E-state index contributed by atoms with van der Waals surface area (Å²) in [4.78, 5) is 20.1. The Morgan fingerprint density at radius 3 is 1.61 bits per heavy atom. The minimum absolute atomic E-state index is 0. The quantitative estimate of drug-likeness (QED) is 0.519. The third-order valence-corrected chi connectivity index (χ3v) is 2.64. The third kappa shape index (κ3) is 3.50. The van der Waals surface area contributed by atoms with E-state index in [1.165, 1.54) is 0 Å². The van der Waals surface area contributed by atoms with Crippen molar-refractivity contribution in [3.63, 3.8) is 0 Å². The summed E-state index contributed by atoms with van der Waals surface area (Å²) in [6.07, 6.45) is 0. The van der Waals surface area contributed by atoms with Crippen LogP contribution < -0.4 is 0 Å². The maximum absolute atomic E-state index is 13.3. The molecule has 0 radical (unpaired) electrons. The first-order valence-corrected chi connectivity index (χ1v) is 5.36. The summed E-state index contributed by atoms with van der Waals surface area (Å²) in [7, 11) is -4.82. The van der Waals surface area contributed by atoms with Crippen LogP contribution in [0.15, 0.2) is 17.0 Å². The predicted molar refractivity (Wildman–Crippen MR) is 57.3 cm³/mol. The second-order valence-corrected chi connectivity index (χ2v) is 4.34. The van der Waals surface area contributed by atoms with Crippen LogP contribution in [-0.4, -0.2) is 64.7 Å². The summed E-state index contributed by atoms with van der Waals surface area (Å²) >= 11 is 0. The standard InChI is InChI=1S/C8H5FO7S.Na.H/c9-6-4(7(10)11)1-3(17(14,15)16)2-5(6)8(12)13;;/h1-2H,(H,10,11)(H,12,13)(H,14,15,16);;. The molecule has 1 aromatic rings. The van der Waals surface area contributed by atoms with Crippen molar-refractivity contribution in [2.75, 3.05) is 0 Å².